The van der Waals surface area contributed by atoms with Gasteiger partial charge < -0.3 is 4.57 Å². The highest BCUT2D eigenvalue weighted by Gasteiger charge is 2.15. The zero-order valence-corrected chi connectivity index (χ0v) is 10.3. The number of nitrogens with zero attached hydrogens (tertiary/aromatic N) is 1. The molecule has 1 aromatic heterocycles. The van der Waals surface area contributed by atoms with Crippen LogP contribution < -0.4 is 4.57 Å². The highest BCUT2D eigenvalue weighted by Crippen LogP contribution is 2.12. The number of sulfone groups is 1. The number of pyridine rings is 1. The Bertz CT molecular complexity index is 589. The summed E-state index contributed by atoms with van der Waals surface area (Å²) in [5.41, 5.74) is 1.04. The topological polar surface area (TPSA) is 38.0 Å². The highest BCUT2D eigenvalue weighted by molar-refractivity contribution is 7.93. The average molecular weight is 247 g/mol. The van der Waals surface area contributed by atoms with Crippen molar-refractivity contribution in [2.75, 3.05) is 0 Å². The summed E-state index contributed by atoms with van der Waals surface area (Å²) in [6.07, 6.45) is 3.37. The van der Waals surface area contributed by atoms with E-state index in [2.05, 4.69) is 0 Å². The normalized spacial score (nSPS) is 11.1. The van der Waals surface area contributed by atoms with Gasteiger partial charge in [-0.05, 0) is 19.1 Å². The lowest BCUT2D eigenvalue weighted by molar-refractivity contribution is -0.621. The highest BCUT2D eigenvalue weighted by atomic mass is 32.2. The lowest BCUT2D eigenvalue weighted by atomic mass is 10.2. The van der Waals surface area contributed by atoms with E-state index in [1.54, 1.807) is 48.8 Å². The molecule has 3 nitrogen and oxygen atoms in total. The molecule has 1 heterocycles. The third kappa shape index (κ3) is 2.85. The fourth-order valence-electron chi connectivity index (χ4n) is 1.43. The molecule has 0 saturated carbocycles. The Balaban J connectivity index is 2.29. The Morgan fingerprint density at radius 1 is 1.00 bits per heavy atom. The van der Waals surface area contributed by atoms with Crippen molar-refractivity contribution in [1.82, 2.24) is 0 Å². The van der Waals surface area contributed by atoms with E-state index < -0.39 is 9.84 Å². The quantitative estimate of drug-likeness (QED) is 0.612. The van der Waals surface area contributed by atoms with Crippen molar-refractivity contribution < 1.29 is 13.0 Å². The van der Waals surface area contributed by atoms with E-state index in [9.17, 15) is 8.42 Å². The van der Waals surface area contributed by atoms with Crippen LogP contribution in [0.3, 0.4) is 0 Å². The van der Waals surface area contributed by atoms with Gasteiger partial charge in [0.05, 0.1) is 17.3 Å². The first-order valence-electron chi connectivity index (χ1n) is 5.20. The Hall–Kier alpha value is -1.81. The maximum Gasteiger partial charge on any atom is 0.212 e. The van der Waals surface area contributed by atoms with Gasteiger partial charge in [-0.25, -0.2) is 8.42 Å². The molecular formula is C13H13NO2S. The molecular weight excluding hydrogens is 234 g/mol. The van der Waals surface area contributed by atoms with Crippen LogP contribution in [0.5, 0.6) is 0 Å². The van der Waals surface area contributed by atoms with Crippen molar-refractivity contribution in [2.45, 2.75) is 11.8 Å². The minimum Gasteiger partial charge on any atom is -0.323 e. The second kappa shape index (κ2) is 4.59. The molecule has 2 aromatic rings. The second-order valence-corrected chi connectivity index (χ2v) is 5.56. The third-order valence-corrected chi connectivity index (χ3v) is 3.80. The van der Waals surface area contributed by atoms with Gasteiger partial charge in [-0.15, -0.1) is 0 Å². The molecule has 4 heteroatoms. The number of aryl methyl sites for hydroxylation is 1. The van der Waals surface area contributed by atoms with Crippen molar-refractivity contribution in [3.8, 4) is 0 Å². The number of aromatic nitrogens is 1. The molecule has 0 aliphatic rings. The van der Waals surface area contributed by atoms with Crippen LogP contribution in [0.15, 0.2) is 59.8 Å². The fourth-order valence-corrected chi connectivity index (χ4v) is 2.53. The largest absolute Gasteiger partial charge is 0.323 e. The molecule has 0 aliphatic carbocycles. The molecule has 0 bridgehead atoms. The summed E-state index contributed by atoms with van der Waals surface area (Å²) < 4.78 is 25.6. The van der Waals surface area contributed by atoms with E-state index in [4.69, 9.17) is 0 Å². The SMILES string of the molecule is Cc1ccc(S(=O)(=O)[CH-][n+]2ccccc2)cc1. The summed E-state index contributed by atoms with van der Waals surface area (Å²) in [6, 6.07) is 12.2. The van der Waals surface area contributed by atoms with Crippen molar-refractivity contribution in [3.63, 3.8) is 0 Å². The third-order valence-electron chi connectivity index (χ3n) is 2.35. The molecule has 2 rings (SSSR count). The molecule has 1 aromatic carbocycles. The second-order valence-electron chi connectivity index (χ2n) is 3.79. The lowest BCUT2D eigenvalue weighted by Crippen LogP contribution is -2.34. The van der Waals surface area contributed by atoms with Crippen LogP contribution in [0, 0.1) is 12.8 Å². The van der Waals surface area contributed by atoms with E-state index in [0.29, 0.717) is 4.90 Å². The van der Waals surface area contributed by atoms with Gasteiger partial charge in [0.25, 0.3) is 0 Å². The Kier molecular flexibility index (Phi) is 3.15. The van der Waals surface area contributed by atoms with Gasteiger partial charge in [-0.3, -0.25) is 0 Å². The Morgan fingerprint density at radius 2 is 1.59 bits per heavy atom. The smallest absolute Gasteiger partial charge is 0.212 e. The molecule has 0 saturated heterocycles. The number of hydrogen-bond donors (Lipinski definition) is 0. The van der Waals surface area contributed by atoms with Gasteiger partial charge in [0.2, 0.25) is 9.84 Å². The van der Waals surface area contributed by atoms with Gasteiger partial charge in [0.15, 0.2) is 5.88 Å². The molecule has 0 unspecified atom stereocenters. The number of hydrogen-bond acceptors (Lipinski definition) is 2. The molecule has 0 atom stereocenters. The first-order chi connectivity index (χ1) is 8.08. The van der Waals surface area contributed by atoms with Crippen molar-refractivity contribution in [1.29, 1.82) is 0 Å². The van der Waals surface area contributed by atoms with Gasteiger partial charge >= 0.3 is 0 Å². The number of benzene rings is 1. The van der Waals surface area contributed by atoms with Crippen molar-refractivity contribution >= 4 is 9.84 Å². The summed E-state index contributed by atoms with van der Waals surface area (Å²) in [5.74, 6) is 1.21. The first kappa shape index (κ1) is 11.7. The summed E-state index contributed by atoms with van der Waals surface area (Å²) >= 11 is 0. The zero-order chi connectivity index (χ0) is 12.3. The Labute approximate surface area is 101 Å². The van der Waals surface area contributed by atoms with E-state index in [1.165, 1.54) is 10.4 Å². The van der Waals surface area contributed by atoms with Crippen LogP contribution in [0.2, 0.25) is 0 Å². The summed E-state index contributed by atoms with van der Waals surface area (Å²) in [4.78, 5) is 0.305. The van der Waals surface area contributed by atoms with Gasteiger partial charge in [-0.2, -0.15) is 0 Å². The van der Waals surface area contributed by atoms with Crippen LogP contribution >= 0.6 is 0 Å². The van der Waals surface area contributed by atoms with E-state index in [-0.39, 0.29) is 0 Å². The molecule has 0 spiro atoms. The monoisotopic (exact) mass is 247 g/mol. The van der Waals surface area contributed by atoms with Crippen molar-refractivity contribution in [2.24, 2.45) is 0 Å². The predicted octanol–water partition coefficient (Wildman–Crippen LogP) is 1.72. The van der Waals surface area contributed by atoms with Gasteiger partial charge in [0.1, 0.15) is 0 Å². The summed E-state index contributed by atoms with van der Waals surface area (Å²) in [6.45, 7) is 1.92. The van der Waals surface area contributed by atoms with Crippen LogP contribution in [-0.2, 0) is 9.84 Å². The maximum absolute atomic E-state index is 12.0. The molecule has 0 radical (unpaired) electrons. The minimum absolute atomic E-state index is 0.305. The van der Waals surface area contributed by atoms with Gasteiger partial charge in [-0.1, -0.05) is 35.9 Å². The van der Waals surface area contributed by atoms with E-state index in [0.717, 1.165) is 5.56 Å². The molecule has 0 amide bonds. The summed E-state index contributed by atoms with van der Waals surface area (Å²) in [7, 11) is -3.39. The van der Waals surface area contributed by atoms with Crippen LogP contribution in [0.25, 0.3) is 0 Å². The molecule has 0 fully saturated rings. The molecule has 0 N–H and O–H groups in total. The predicted molar refractivity (Wildman–Crippen MR) is 64.7 cm³/mol. The first-order valence-corrected chi connectivity index (χ1v) is 6.75. The molecule has 0 aliphatic heterocycles. The minimum atomic E-state index is -3.39. The summed E-state index contributed by atoms with van der Waals surface area (Å²) in [5, 5.41) is 0. The number of rotatable bonds is 3. The standard InChI is InChI=1S/C13H13NO2S/c1-12-5-7-13(8-6-12)17(15,16)11-14-9-3-2-4-10-14/h2-11H,1H3. The van der Waals surface area contributed by atoms with Gasteiger partial charge in [0, 0.05) is 0 Å². The Morgan fingerprint density at radius 3 is 2.18 bits per heavy atom. The van der Waals surface area contributed by atoms with E-state index in [1.807, 2.05) is 13.0 Å². The lowest BCUT2D eigenvalue weighted by Gasteiger charge is -2.06. The zero-order valence-electron chi connectivity index (χ0n) is 9.45. The van der Waals surface area contributed by atoms with Crippen molar-refractivity contribution in [3.05, 3.63) is 66.3 Å². The molecule has 17 heavy (non-hydrogen) atoms. The van der Waals surface area contributed by atoms with Crippen LogP contribution in [0.1, 0.15) is 5.56 Å². The molecule has 88 valence electrons. The van der Waals surface area contributed by atoms with E-state index >= 15 is 0 Å². The average Bonchev–Trinajstić information content (AvgIpc) is 2.30. The van der Waals surface area contributed by atoms with Crippen LogP contribution in [0.4, 0.5) is 0 Å². The fraction of sp³-hybridized carbons (Fsp3) is 0.0769. The maximum atomic E-state index is 12.0. The van der Waals surface area contributed by atoms with Crippen LogP contribution in [-0.4, -0.2) is 8.42 Å².